The molecule has 3 aromatic rings. The van der Waals surface area contributed by atoms with Crippen LogP contribution in [0.5, 0.6) is 0 Å². The molecule has 1 N–H and O–H groups in total. The molecule has 0 bridgehead atoms. The fraction of sp³-hybridized carbons (Fsp3) is 0.278. The Morgan fingerprint density at radius 3 is 2.77 bits per heavy atom. The average Bonchev–Trinajstić information content (AvgIpc) is 3.40. The first-order valence-electron chi connectivity index (χ1n) is 7.81. The van der Waals surface area contributed by atoms with Gasteiger partial charge in [-0.25, -0.2) is 9.97 Å². The summed E-state index contributed by atoms with van der Waals surface area (Å²) in [4.78, 5) is 13.6. The van der Waals surface area contributed by atoms with Crippen molar-refractivity contribution in [3.05, 3.63) is 48.8 Å². The van der Waals surface area contributed by atoms with Gasteiger partial charge in [0.05, 0.1) is 5.52 Å². The summed E-state index contributed by atoms with van der Waals surface area (Å²) in [6.07, 6.45) is 7.55. The van der Waals surface area contributed by atoms with Gasteiger partial charge in [-0.3, -0.25) is 4.98 Å². The molecule has 4 rings (SSSR count). The number of aromatic nitrogens is 3. The van der Waals surface area contributed by atoms with Gasteiger partial charge in [0, 0.05) is 29.9 Å². The zero-order chi connectivity index (χ0) is 14.8. The van der Waals surface area contributed by atoms with Crippen molar-refractivity contribution < 1.29 is 0 Å². The first kappa shape index (κ1) is 13.2. The third-order valence-electron chi connectivity index (χ3n) is 4.06. The van der Waals surface area contributed by atoms with Gasteiger partial charge in [-0.15, -0.1) is 0 Å². The number of benzene rings is 1. The van der Waals surface area contributed by atoms with Crippen molar-refractivity contribution in [1.29, 1.82) is 0 Å². The van der Waals surface area contributed by atoms with Crippen molar-refractivity contribution in [1.82, 2.24) is 15.0 Å². The smallest absolute Gasteiger partial charge is 0.163 e. The molecule has 0 unspecified atom stereocenters. The number of nitrogens with one attached hydrogen (secondary N) is 1. The maximum absolute atomic E-state index is 4.73. The Labute approximate surface area is 129 Å². The standard InChI is InChI=1S/C18H18N4/c1-2-6-16-15(5-1)18(20-11-9-13-7-8-13)22-17(21-16)14-4-3-10-19-12-14/h1-6,10,12-13H,7-9,11H2,(H,20,21,22). The normalized spacial score (nSPS) is 14.2. The van der Waals surface area contributed by atoms with Crippen LogP contribution in [-0.4, -0.2) is 21.5 Å². The number of rotatable bonds is 5. The molecule has 4 nitrogen and oxygen atoms in total. The van der Waals surface area contributed by atoms with E-state index in [1.807, 2.05) is 30.3 Å². The van der Waals surface area contributed by atoms with Crippen LogP contribution in [0.2, 0.25) is 0 Å². The molecule has 0 radical (unpaired) electrons. The van der Waals surface area contributed by atoms with Crippen molar-refractivity contribution in [2.24, 2.45) is 5.92 Å². The van der Waals surface area contributed by atoms with Crippen LogP contribution >= 0.6 is 0 Å². The number of para-hydroxylation sites is 1. The van der Waals surface area contributed by atoms with Gasteiger partial charge in [-0.05, 0) is 36.6 Å². The molecule has 110 valence electrons. The van der Waals surface area contributed by atoms with Crippen LogP contribution in [0.1, 0.15) is 19.3 Å². The molecule has 0 atom stereocenters. The van der Waals surface area contributed by atoms with Crippen LogP contribution < -0.4 is 5.32 Å². The van der Waals surface area contributed by atoms with Crippen molar-refractivity contribution in [3.8, 4) is 11.4 Å². The van der Waals surface area contributed by atoms with Gasteiger partial charge in [0.2, 0.25) is 0 Å². The molecule has 1 aromatic carbocycles. The lowest BCUT2D eigenvalue weighted by Crippen LogP contribution is -2.06. The minimum atomic E-state index is 0.723. The van der Waals surface area contributed by atoms with Gasteiger partial charge in [-0.1, -0.05) is 25.0 Å². The van der Waals surface area contributed by atoms with Gasteiger partial charge >= 0.3 is 0 Å². The summed E-state index contributed by atoms with van der Waals surface area (Å²) in [5, 5.41) is 4.57. The number of fused-ring (bicyclic) bond motifs is 1. The lowest BCUT2D eigenvalue weighted by molar-refractivity contribution is 0.759. The maximum Gasteiger partial charge on any atom is 0.163 e. The molecule has 0 aliphatic heterocycles. The van der Waals surface area contributed by atoms with E-state index in [2.05, 4.69) is 21.4 Å². The molecule has 0 saturated heterocycles. The molecule has 0 amide bonds. The predicted octanol–water partition coefficient (Wildman–Crippen LogP) is 3.90. The molecule has 1 fully saturated rings. The molecule has 2 heterocycles. The molecule has 1 aliphatic carbocycles. The van der Waals surface area contributed by atoms with E-state index in [-0.39, 0.29) is 0 Å². The van der Waals surface area contributed by atoms with Crippen LogP contribution in [0.3, 0.4) is 0 Å². The Kier molecular flexibility index (Phi) is 3.43. The van der Waals surface area contributed by atoms with E-state index in [1.54, 1.807) is 12.4 Å². The second-order valence-electron chi connectivity index (χ2n) is 5.81. The highest BCUT2D eigenvalue weighted by molar-refractivity contribution is 5.90. The van der Waals surface area contributed by atoms with E-state index in [9.17, 15) is 0 Å². The summed E-state index contributed by atoms with van der Waals surface area (Å²) in [6, 6.07) is 12.0. The predicted molar refractivity (Wildman–Crippen MR) is 88.6 cm³/mol. The first-order valence-corrected chi connectivity index (χ1v) is 7.81. The Morgan fingerprint density at radius 1 is 1.05 bits per heavy atom. The average molecular weight is 290 g/mol. The van der Waals surface area contributed by atoms with Crippen molar-refractivity contribution in [2.45, 2.75) is 19.3 Å². The molecule has 0 spiro atoms. The minimum absolute atomic E-state index is 0.723. The Balaban J connectivity index is 1.71. The van der Waals surface area contributed by atoms with E-state index in [0.29, 0.717) is 0 Å². The van der Waals surface area contributed by atoms with Crippen molar-refractivity contribution >= 4 is 16.7 Å². The third kappa shape index (κ3) is 2.77. The highest BCUT2D eigenvalue weighted by Gasteiger charge is 2.20. The number of pyridine rings is 1. The van der Waals surface area contributed by atoms with Gasteiger partial charge in [0.15, 0.2) is 5.82 Å². The minimum Gasteiger partial charge on any atom is -0.369 e. The van der Waals surface area contributed by atoms with Gasteiger partial charge in [0.1, 0.15) is 5.82 Å². The molecule has 1 aliphatic rings. The van der Waals surface area contributed by atoms with E-state index >= 15 is 0 Å². The molecule has 1 saturated carbocycles. The fourth-order valence-electron chi connectivity index (χ4n) is 2.64. The summed E-state index contributed by atoms with van der Waals surface area (Å²) in [6.45, 7) is 0.970. The van der Waals surface area contributed by atoms with Gasteiger partial charge in [0.25, 0.3) is 0 Å². The number of anilines is 1. The Bertz CT molecular complexity index is 781. The first-order chi connectivity index (χ1) is 10.9. The SMILES string of the molecule is c1cncc(-c2nc(NCCC3CC3)c3ccccc3n2)c1. The van der Waals surface area contributed by atoms with Gasteiger partial charge in [-0.2, -0.15) is 0 Å². The fourth-order valence-corrected chi connectivity index (χ4v) is 2.64. The monoisotopic (exact) mass is 290 g/mol. The van der Waals surface area contributed by atoms with Crippen LogP contribution in [0.15, 0.2) is 48.8 Å². The lowest BCUT2D eigenvalue weighted by atomic mass is 10.2. The summed E-state index contributed by atoms with van der Waals surface area (Å²) >= 11 is 0. The molecule has 4 heteroatoms. The molecular weight excluding hydrogens is 272 g/mol. The van der Waals surface area contributed by atoms with Crippen LogP contribution in [0.25, 0.3) is 22.3 Å². The third-order valence-corrected chi connectivity index (χ3v) is 4.06. The topological polar surface area (TPSA) is 50.7 Å². The highest BCUT2D eigenvalue weighted by atomic mass is 15.0. The van der Waals surface area contributed by atoms with E-state index < -0.39 is 0 Å². The van der Waals surface area contributed by atoms with Crippen molar-refractivity contribution in [2.75, 3.05) is 11.9 Å². The molecule has 2 aromatic heterocycles. The zero-order valence-corrected chi connectivity index (χ0v) is 12.4. The largest absolute Gasteiger partial charge is 0.369 e. The summed E-state index contributed by atoms with van der Waals surface area (Å²) < 4.78 is 0. The summed E-state index contributed by atoms with van der Waals surface area (Å²) in [5.41, 5.74) is 1.91. The Hall–Kier alpha value is -2.49. The van der Waals surface area contributed by atoms with Crippen LogP contribution in [0, 0.1) is 5.92 Å². The van der Waals surface area contributed by atoms with E-state index in [4.69, 9.17) is 4.98 Å². The van der Waals surface area contributed by atoms with E-state index in [1.165, 1.54) is 19.3 Å². The zero-order valence-electron chi connectivity index (χ0n) is 12.4. The lowest BCUT2D eigenvalue weighted by Gasteiger charge is -2.10. The summed E-state index contributed by atoms with van der Waals surface area (Å²) in [5.74, 6) is 2.56. The molecular formula is C18H18N4. The second-order valence-corrected chi connectivity index (χ2v) is 5.81. The number of hydrogen-bond acceptors (Lipinski definition) is 4. The van der Waals surface area contributed by atoms with E-state index in [0.717, 1.165) is 40.6 Å². The highest BCUT2D eigenvalue weighted by Crippen LogP contribution is 2.32. The summed E-state index contributed by atoms with van der Waals surface area (Å²) in [7, 11) is 0. The van der Waals surface area contributed by atoms with Crippen LogP contribution in [-0.2, 0) is 0 Å². The Morgan fingerprint density at radius 2 is 1.95 bits per heavy atom. The second kappa shape index (κ2) is 5.72. The van der Waals surface area contributed by atoms with Gasteiger partial charge < -0.3 is 5.32 Å². The number of hydrogen-bond donors (Lipinski definition) is 1. The van der Waals surface area contributed by atoms with Crippen molar-refractivity contribution in [3.63, 3.8) is 0 Å². The van der Waals surface area contributed by atoms with Crippen LogP contribution in [0.4, 0.5) is 5.82 Å². The quantitative estimate of drug-likeness (QED) is 0.774. The number of nitrogens with zero attached hydrogens (tertiary/aromatic N) is 3. The maximum atomic E-state index is 4.73. The molecule has 22 heavy (non-hydrogen) atoms.